The van der Waals surface area contributed by atoms with Crippen molar-refractivity contribution in [2.45, 2.75) is 19.5 Å². The highest BCUT2D eigenvalue weighted by molar-refractivity contribution is 14.1. The van der Waals surface area contributed by atoms with Gasteiger partial charge in [0, 0.05) is 9.99 Å². The van der Waals surface area contributed by atoms with E-state index in [0.717, 1.165) is 9.13 Å². The monoisotopic (exact) mass is 356 g/mol. The third kappa shape index (κ3) is 4.84. The molecule has 6 heteroatoms. The van der Waals surface area contributed by atoms with E-state index in [1.165, 1.54) is 19.2 Å². The Balaban J connectivity index is 2.72. The van der Waals surface area contributed by atoms with E-state index in [1.807, 2.05) is 0 Å². The van der Waals surface area contributed by atoms with Gasteiger partial charge in [0.1, 0.15) is 5.75 Å². The molecule has 0 aliphatic carbocycles. The maximum absolute atomic E-state index is 12.0. The molecule has 0 aliphatic heterocycles. The van der Waals surface area contributed by atoms with E-state index >= 15 is 0 Å². The van der Waals surface area contributed by atoms with Crippen LogP contribution >= 0.6 is 22.6 Å². The maximum Gasteiger partial charge on any atom is 0.387 e. The number of carbonyl (C=O) groups excluding carboxylic acids is 1. The minimum absolute atomic E-state index is 0.0975. The molecule has 0 spiro atoms. The molecule has 0 aliphatic rings. The minimum atomic E-state index is -2.84. The summed E-state index contributed by atoms with van der Waals surface area (Å²) < 4.78 is 33.7. The van der Waals surface area contributed by atoms with Crippen molar-refractivity contribution in [1.29, 1.82) is 0 Å². The van der Waals surface area contributed by atoms with Crippen LogP contribution in [0.4, 0.5) is 8.78 Å². The van der Waals surface area contributed by atoms with Crippen LogP contribution in [0.5, 0.6) is 5.75 Å². The molecule has 0 bridgehead atoms. The third-order valence-electron chi connectivity index (χ3n) is 2.07. The fourth-order valence-corrected chi connectivity index (χ4v) is 1.86. The quantitative estimate of drug-likeness (QED) is 0.601. The van der Waals surface area contributed by atoms with Gasteiger partial charge < -0.3 is 9.47 Å². The number of rotatable bonds is 5. The zero-order valence-electron chi connectivity index (χ0n) is 9.08. The van der Waals surface area contributed by atoms with Crippen LogP contribution in [-0.2, 0) is 16.0 Å². The lowest BCUT2D eigenvalue weighted by molar-refractivity contribution is -0.140. The summed E-state index contributed by atoms with van der Waals surface area (Å²) in [5, 5.41) is 0. The zero-order valence-corrected chi connectivity index (χ0v) is 11.2. The molecule has 0 saturated carbocycles. The third-order valence-corrected chi connectivity index (χ3v) is 3.12. The zero-order chi connectivity index (χ0) is 12.8. The van der Waals surface area contributed by atoms with Gasteiger partial charge in [-0.1, -0.05) is 0 Å². The second kappa shape index (κ2) is 6.73. The van der Waals surface area contributed by atoms with Gasteiger partial charge in [0.25, 0.3) is 0 Å². The predicted molar refractivity (Wildman–Crippen MR) is 66.1 cm³/mol. The van der Waals surface area contributed by atoms with Crippen LogP contribution < -0.4 is 4.74 Å². The predicted octanol–water partition coefficient (Wildman–Crippen LogP) is 3.00. The van der Waals surface area contributed by atoms with Crippen LogP contribution in [0.1, 0.15) is 12.0 Å². The first-order chi connectivity index (χ1) is 8.02. The number of esters is 1. The van der Waals surface area contributed by atoms with Crippen molar-refractivity contribution in [3.05, 3.63) is 27.3 Å². The number of hydrogen-bond acceptors (Lipinski definition) is 3. The lowest BCUT2D eigenvalue weighted by Gasteiger charge is -2.08. The Hall–Kier alpha value is -0.920. The van der Waals surface area contributed by atoms with E-state index in [2.05, 4.69) is 32.1 Å². The standard InChI is InChI=1S/C11H11F2IO3/c1-16-10(15)5-2-7-6-8(17-11(12)13)3-4-9(7)14/h3-4,6,11H,2,5H2,1H3. The molecule has 1 aromatic carbocycles. The molecule has 0 fully saturated rings. The summed E-state index contributed by atoms with van der Waals surface area (Å²) in [6, 6.07) is 4.65. The van der Waals surface area contributed by atoms with Gasteiger partial charge in [-0.3, -0.25) is 4.79 Å². The van der Waals surface area contributed by atoms with Crippen molar-refractivity contribution in [1.82, 2.24) is 0 Å². The molecule has 0 N–H and O–H groups in total. The number of benzene rings is 1. The number of halogens is 3. The summed E-state index contributed by atoms with van der Waals surface area (Å²) in [4.78, 5) is 11.0. The van der Waals surface area contributed by atoms with Crippen LogP contribution in [0.15, 0.2) is 18.2 Å². The Bertz CT molecular complexity index is 396. The average Bonchev–Trinajstić information content (AvgIpc) is 2.28. The molecule has 0 unspecified atom stereocenters. The van der Waals surface area contributed by atoms with Gasteiger partial charge >= 0.3 is 12.6 Å². The Morgan fingerprint density at radius 3 is 2.76 bits per heavy atom. The molecule has 0 radical (unpaired) electrons. The van der Waals surface area contributed by atoms with E-state index in [0.29, 0.717) is 6.42 Å². The Morgan fingerprint density at radius 2 is 2.18 bits per heavy atom. The van der Waals surface area contributed by atoms with Crippen molar-refractivity contribution >= 4 is 28.6 Å². The van der Waals surface area contributed by atoms with Gasteiger partial charge in [-0.2, -0.15) is 8.78 Å². The molecular weight excluding hydrogens is 345 g/mol. The number of hydrogen-bond donors (Lipinski definition) is 0. The molecule has 0 aromatic heterocycles. The second-order valence-corrected chi connectivity index (χ2v) is 4.37. The van der Waals surface area contributed by atoms with E-state index in [-0.39, 0.29) is 18.1 Å². The highest BCUT2D eigenvalue weighted by Gasteiger charge is 2.09. The van der Waals surface area contributed by atoms with Crippen molar-refractivity contribution in [3.8, 4) is 5.75 Å². The minimum Gasteiger partial charge on any atom is -0.469 e. The van der Waals surface area contributed by atoms with Crippen LogP contribution in [0.2, 0.25) is 0 Å². The lowest BCUT2D eigenvalue weighted by atomic mass is 10.1. The van der Waals surface area contributed by atoms with Gasteiger partial charge in [0.15, 0.2) is 0 Å². The van der Waals surface area contributed by atoms with E-state index < -0.39 is 6.61 Å². The van der Waals surface area contributed by atoms with Crippen molar-refractivity contribution in [2.24, 2.45) is 0 Å². The van der Waals surface area contributed by atoms with E-state index in [4.69, 9.17) is 0 Å². The summed E-state index contributed by atoms with van der Waals surface area (Å²) in [6.07, 6.45) is 0.649. The molecule has 94 valence electrons. The molecule has 1 aromatic rings. The number of ether oxygens (including phenoxy) is 2. The van der Waals surface area contributed by atoms with Gasteiger partial charge in [-0.15, -0.1) is 0 Å². The van der Waals surface area contributed by atoms with Crippen LogP contribution in [0.3, 0.4) is 0 Å². The first kappa shape index (κ1) is 14.1. The van der Waals surface area contributed by atoms with Crippen molar-refractivity contribution in [2.75, 3.05) is 7.11 Å². The number of aryl methyl sites for hydroxylation is 1. The van der Waals surface area contributed by atoms with Gasteiger partial charge in [0.05, 0.1) is 7.11 Å². The Morgan fingerprint density at radius 1 is 1.47 bits per heavy atom. The molecule has 3 nitrogen and oxygen atoms in total. The number of methoxy groups -OCH3 is 1. The van der Waals surface area contributed by atoms with E-state index in [1.54, 1.807) is 6.07 Å². The number of carbonyl (C=O) groups is 1. The van der Waals surface area contributed by atoms with Gasteiger partial charge in [-0.25, -0.2) is 0 Å². The summed E-state index contributed by atoms with van der Waals surface area (Å²) in [6.45, 7) is -2.84. The average molecular weight is 356 g/mol. The first-order valence-corrected chi connectivity index (χ1v) is 5.91. The highest BCUT2D eigenvalue weighted by atomic mass is 127. The fraction of sp³-hybridized carbons (Fsp3) is 0.364. The molecule has 0 atom stereocenters. The summed E-state index contributed by atoms with van der Waals surface area (Å²) in [7, 11) is 1.31. The molecule has 1 rings (SSSR count). The first-order valence-electron chi connectivity index (χ1n) is 4.83. The smallest absolute Gasteiger partial charge is 0.387 e. The summed E-state index contributed by atoms with van der Waals surface area (Å²) >= 11 is 2.07. The maximum atomic E-state index is 12.0. The summed E-state index contributed by atoms with van der Waals surface area (Å²) in [5.74, 6) is -0.235. The normalized spacial score (nSPS) is 10.4. The highest BCUT2D eigenvalue weighted by Crippen LogP contribution is 2.22. The second-order valence-electron chi connectivity index (χ2n) is 3.21. The topological polar surface area (TPSA) is 35.5 Å². The van der Waals surface area contributed by atoms with E-state index in [9.17, 15) is 13.6 Å². The van der Waals surface area contributed by atoms with Crippen molar-refractivity contribution < 1.29 is 23.0 Å². The van der Waals surface area contributed by atoms with Crippen molar-refractivity contribution in [3.63, 3.8) is 0 Å². The van der Waals surface area contributed by atoms with Crippen LogP contribution in [0, 0.1) is 3.57 Å². The Kier molecular flexibility index (Phi) is 5.60. The molecule has 0 saturated heterocycles. The molecule has 17 heavy (non-hydrogen) atoms. The SMILES string of the molecule is COC(=O)CCc1cc(OC(F)F)ccc1I. The Labute approximate surface area is 111 Å². The van der Waals surface area contributed by atoms with Crippen LogP contribution in [-0.4, -0.2) is 19.7 Å². The van der Waals surface area contributed by atoms with Gasteiger partial charge in [-0.05, 0) is 52.8 Å². The summed E-state index contributed by atoms with van der Waals surface area (Å²) in [5.41, 5.74) is 0.786. The molecular formula is C11H11F2IO3. The fourth-order valence-electron chi connectivity index (χ4n) is 1.26. The van der Waals surface area contributed by atoms with Gasteiger partial charge in [0.2, 0.25) is 0 Å². The van der Waals surface area contributed by atoms with Crippen LogP contribution in [0.25, 0.3) is 0 Å². The molecule has 0 heterocycles. The lowest BCUT2D eigenvalue weighted by Crippen LogP contribution is -2.05. The number of alkyl halides is 2. The molecule has 0 amide bonds. The largest absolute Gasteiger partial charge is 0.469 e.